The van der Waals surface area contributed by atoms with E-state index in [0.717, 1.165) is 21.3 Å². The fourth-order valence-electron chi connectivity index (χ4n) is 2.37. The summed E-state index contributed by atoms with van der Waals surface area (Å²) < 4.78 is 5.83. The van der Waals surface area contributed by atoms with Gasteiger partial charge in [-0.3, -0.25) is 4.90 Å². The number of benzene rings is 2. The first-order valence-corrected chi connectivity index (χ1v) is 8.83. The lowest BCUT2D eigenvalue weighted by atomic mass is 10.1. The third-order valence-corrected chi connectivity index (χ3v) is 4.15. The van der Waals surface area contributed by atoms with Gasteiger partial charge in [-0.25, -0.2) is 4.79 Å². The predicted molar refractivity (Wildman–Crippen MR) is 108 cm³/mol. The van der Waals surface area contributed by atoms with Crippen molar-refractivity contribution in [1.82, 2.24) is 0 Å². The van der Waals surface area contributed by atoms with Crippen LogP contribution in [0.5, 0.6) is 0 Å². The highest BCUT2D eigenvalue weighted by Gasteiger charge is 2.18. The van der Waals surface area contributed by atoms with E-state index in [1.807, 2.05) is 55.5 Å². The summed E-state index contributed by atoms with van der Waals surface area (Å²) in [6.07, 6.45) is 1.19. The Labute approximate surface area is 162 Å². The van der Waals surface area contributed by atoms with E-state index in [1.54, 1.807) is 6.08 Å². The van der Waals surface area contributed by atoms with Crippen molar-refractivity contribution in [3.8, 4) is 0 Å². The summed E-state index contributed by atoms with van der Waals surface area (Å²) in [5.41, 5.74) is 3.26. The highest BCUT2D eigenvalue weighted by Crippen LogP contribution is 2.22. The third-order valence-electron chi connectivity index (χ3n) is 3.65. The number of ether oxygens (including phenoxy) is 1. The number of para-hydroxylation sites is 1. The number of oxime groups is 1. The number of carbonyl (C=O) groups is 1. The van der Waals surface area contributed by atoms with Crippen molar-refractivity contribution in [1.29, 1.82) is 0 Å². The van der Waals surface area contributed by atoms with E-state index < -0.39 is 6.09 Å². The number of nitrogens with zero attached hydrogens (tertiary/aromatic N) is 2. The molecule has 5 nitrogen and oxygen atoms in total. The molecule has 2 aromatic carbocycles. The zero-order valence-corrected chi connectivity index (χ0v) is 16.4. The molecule has 0 saturated carbocycles. The predicted octanol–water partition coefficient (Wildman–Crippen LogP) is 5.15. The average molecular weight is 417 g/mol. The second-order valence-electron chi connectivity index (χ2n) is 5.46. The van der Waals surface area contributed by atoms with Crippen LogP contribution in [0.1, 0.15) is 18.1 Å². The summed E-state index contributed by atoms with van der Waals surface area (Å²) in [5, 5.41) is 4.18. The fourth-order valence-corrected chi connectivity index (χ4v) is 2.77. The number of amides is 1. The number of halogens is 1. The van der Waals surface area contributed by atoms with Crippen LogP contribution >= 0.6 is 15.9 Å². The van der Waals surface area contributed by atoms with Gasteiger partial charge >= 0.3 is 6.09 Å². The number of hydrogen-bond acceptors (Lipinski definition) is 4. The number of rotatable bonds is 7. The van der Waals surface area contributed by atoms with Gasteiger partial charge in [-0.2, -0.15) is 0 Å². The van der Waals surface area contributed by atoms with Crippen LogP contribution in [0.4, 0.5) is 10.5 Å². The summed E-state index contributed by atoms with van der Waals surface area (Å²) >= 11 is 3.44. The van der Waals surface area contributed by atoms with E-state index in [2.05, 4.69) is 27.7 Å². The van der Waals surface area contributed by atoms with E-state index in [4.69, 9.17) is 9.57 Å². The van der Waals surface area contributed by atoms with E-state index in [0.29, 0.717) is 12.2 Å². The van der Waals surface area contributed by atoms with E-state index in [1.165, 1.54) is 12.0 Å². The van der Waals surface area contributed by atoms with Gasteiger partial charge in [0.05, 0.1) is 18.5 Å². The molecule has 136 valence electrons. The highest BCUT2D eigenvalue weighted by atomic mass is 79.9. The molecule has 0 aliphatic carbocycles. The molecule has 0 aromatic heterocycles. The summed E-state index contributed by atoms with van der Waals surface area (Å²) in [4.78, 5) is 19.1. The molecule has 2 aromatic rings. The molecule has 0 aliphatic rings. The van der Waals surface area contributed by atoms with Crippen LogP contribution in [-0.2, 0) is 16.2 Å². The van der Waals surface area contributed by atoms with Crippen LogP contribution in [0, 0.1) is 0 Å². The highest BCUT2D eigenvalue weighted by molar-refractivity contribution is 9.10. The topological polar surface area (TPSA) is 51.1 Å². The standard InChI is InChI=1S/C20H21BrN2O3/c1-4-12-23(20(24)25-3)19-11-6-5-8-17(19)14-26-22-15(2)16-9-7-10-18(21)13-16/h4-11,13H,1,12,14H2,2-3H3/b22-15+. The molecule has 26 heavy (non-hydrogen) atoms. The van der Waals surface area contributed by atoms with Crippen molar-refractivity contribution in [3.63, 3.8) is 0 Å². The normalized spacial score (nSPS) is 11.0. The summed E-state index contributed by atoms with van der Waals surface area (Å²) in [6, 6.07) is 15.3. The van der Waals surface area contributed by atoms with Crippen LogP contribution in [0.15, 0.2) is 70.8 Å². The lowest BCUT2D eigenvalue weighted by Crippen LogP contribution is -2.31. The summed E-state index contributed by atoms with van der Waals surface area (Å²) in [7, 11) is 1.35. The smallest absolute Gasteiger partial charge is 0.414 e. The molecular formula is C20H21BrN2O3. The van der Waals surface area contributed by atoms with Crippen LogP contribution in [-0.4, -0.2) is 25.5 Å². The number of methoxy groups -OCH3 is 1. The van der Waals surface area contributed by atoms with E-state index >= 15 is 0 Å². The van der Waals surface area contributed by atoms with Crippen molar-refractivity contribution in [2.45, 2.75) is 13.5 Å². The maximum absolute atomic E-state index is 12.0. The Bertz CT molecular complexity index is 805. The molecule has 0 radical (unpaired) electrons. The van der Waals surface area contributed by atoms with Gasteiger partial charge in [0.25, 0.3) is 0 Å². The van der Waals surface area contributed by atoms with Gasteiger partial charge in [0.1, 0.15) is 6.61 Å². The van der Waals surface area contributed by atoms with Gasteiger partial charge in [-0.1, -0.05) is 57.5 Å². The van der Waals surface area contributed by atoms with Gasteiger partial charge in [0, 0.05) is 22.1 Å². The number of carbonyl (C=O) groups excluding carboxylic acids is 1. The summed E-state index contributed by atoms with van der Waals surface area (Å²) in [6.45, 7) is 6.14. The van der Waals surface area contributed by atoms with Gasteiger partial charge < -0.3 is 9.57 Å². The van der Waals surface area contributed by atoms with Gasteiger partial charge in [0.15, 0.2) is 0 Å². The van der Waals surface area contributed by atoms with Crippen molar-refractivity contribution in [2.24, 2.45) is 5.16 Å². The molecule has 1 amide bonds. The average Bonchev–Trinajstić information content (AvgIpc) is 2.66. The molecule has 0 aliphatic heterocycles. The maximum Gasteiger partial charge on any atom is 0.414 e. The van der Waals surface area contributed by atoms with Gasteiger partial charge in [0.2, 0.25) is 0 Å². The Morgan fingerprint density at radius 3 is 2.73 bits per heavy atom. The number of anilines is 1. The maximum atomic E-state index is 12.0. The Balaban J connectivity index is 2.16. The minimum atomic E-state index is -0.453. The molecule has 0 saturated heterocycles. The Hall–Kier alpha value is -2.60. The van der Waals surface area contributed by atoms with Crippen LogP contribution in [0.3, 0.4) is 0 Å². The zero-order chi connectivity index (χ0) is 18.9. The van der Waals surface area contributed by atoms with Crippen molar-refractivity contribution >= 4 is 33.4 Å². The monoisotopic (exact) mass is 416 g/mol. The molecule has 0 bridgehead atoms. The Kier molecular flexibility index (Phi) is 7.41. The van der Waals surface area contributed by atoms with Gasteiger partial charge in [-0.05, 0) is 25.1 Å². The van der Waals surface area contributed by atoms with Gasteiger partial charge in [-0.15, -0.1) is 6.58 Å². The van der Waals surface area contributed by atoms with Crippen molar-refractivity contribution in [3.05, 3.63) is 76.8 Å². The Morgan fingerprint density at radius 2 is 2.04 bits per heavy atom. The Morgan fingerprint density at radius 1 is 1.27 bits per heavy atom. The van der Waals surface area contributed by atoms with Crippen molar-refractivity contribution < 1.29 is 14.4 Å². The fraction of sp³-hybridized carbons (Fsp3) is 0.200. The van der Waals surface area contributed by atoms with Crippen LogP contribution in [0.2, 0.25) is 0 Å². The molecule has 0 spiro atoms. The molecule has 0 atom stereocenters. The second kappa shape index (κ2) is 9.77. The molecular weight excluding hydrogens is 396 g/mol. The minimum Gasteiger partial charge on any atom is -0.452 e. The molecule has 0 unspecified atom stereocenters. The molecule has 0 fully saturated rings. The van der Waals surface area contributed by atoms with Crippen molar-refractivity contribution in [2.75, 3.05) is 18.6 Å². The third kappa shape index (κ3) is 5.20. The first-order chi connectivity index (χ1) is 12.6. The second-order valence-corrected chi connectivity index (χ2v) is 6.37. The first kappa shape index (κ1) is 19.7. The molecule has 0 heterocycles. The minimum absolute atomic E-state index is 0.228. The molecule has 0 N–H and O–H groups in total. The van der Waals surface area contributed by atoms with Crippen LogP contribution < -0.4 is 4.90 Å². The van der Waals surface area contributed by atoms with E-state index in [-0.39, 0.29) is 6.61 Å². The number of hydrogen-bond donors (Lipinski definition) is 0. The van der Waals surface area contributed by atoms with Crippen LogP contribution in [0.25, 0.3) is 0 Å². The molecule has 2 rings (SSSR count). The van der Waals surface area contributed by atoms with E-state index in [9.17, 15) is 4.79 Å². The summed E-state index contributed by atoms with van der Waals surface area (Å²) in [5.74, 6) is 0. The lowest BCUT2D eigenvalue weighted by Gasteiger charge is -2.22. The first-order valence-electron chi connectivity index (χ1n) is 8.03. The largest absolute Gasteiger partial charge is 0.452 e. The SMILES string of the molecule is C=CCN(C(=O)OC)c1ccccc1CO/N=C(\C)c1cccc(Br)c1. The quantitative estimate of drug-likeness (QED) is 0.356. The lowest BCUT2D eigenvalue weighted by molar-refractivity contribution is 0.130. The zero-order valence-electron chi connectivity index (χ0n) is 14.8. The molecule has 6 heteroatoms.